The van der Waals surface area contributed by atoms with Crippen molar-refractivity contribution in [2.45, 2.75) is 32.0 Å². The quantitative estimate of drug-likeness (QED) is 0.703. The highest BCUT2D eigenvalue weighted by molar-refractivity contribution is 5.98. The molecule has 0 heterocycles. The summed E-state index contributed by atoms with van der Waals surface area (Å²) in [5, 5.41) is 5.10. The summed E-state index contributed by atoms with van der Waals surface area (Å²) in [4.78, 5) is 38.3. The van der Waals surface area contributed by atoms with Crippen LogP contribution in [0.15, 0.2) is 48.5 Å². The first kappa shape index (κ1) is 22.3. The molecule has 0 radical (unpaired) electrons. The molecule has 0 saturated heterocycles. The predicted molar refractivity (Wildman–Crippen MR) is 108 cm³/mol. The Hall–Kier alpha value is -3.36. The monoisotopic (exact) mass is 433 g/mol. The fourth-order valence-corrected chi connectivity index (χ4v) is 3.06. The Morgan fingerprint density at radius 3 is 2.39 bits per heavy atom. The van der Waals surface area contributed by atoms with Crippen molar-refractivity contribution in [3.63, 3.8) is 0 Å². The van der Waals surface area contributed by atoms with Gasteiger partial charge in [-0.1, -0.05) is 18.2 Å². The van der Waals surface area contributed by atoms with Gasteiger partial charge in [-0.05, 0) is 55.7 Å². The fourth-order valence-electron chi connectivity index (χ4n) is 3.06. The number of alkyl halides is 3. The maximum atomic E-state index is 12.9. The Labute approximate surface area is 177 Å². The van der Waals surface area contributed by atoms with Crippen LogP contribution in [0.1, 0.15) is 34.3 Å². The molecule has 1 aliphatic rings. The molecular weight excluding hydrogens is 411 g/mol. The highest BCUT2D eigenvalue weighted by Gasteiger charge is 2.36. The van der Waals surface area contributed by atoms with Gasteiger partial charge in [0.1, 0.15) is 6.54 Å². The van der Waals surface area contributed by atoms with Crippen LogP contribution in [0.2, 0.25) is 0 Å². The van der Waals surface area contributed by atoms with Crippen molar-refractivity contribution in [3.8, 4) is 0 Å². The minimum atomic E-state index is -4.57. The highest BCUT2D eigenvalue weighted by atomic mass is 19.4. The van der Waals surface area contributed by atoms with Crippen LogP contribution in [-0.4, -0.2) is 41.8 Å². The van der Waals surface area contributed by atoms with Crippen LogP contribution >= 0.6 is 0 Å². The van der Waals surface area contributed by atoms with Crippen LogP contribution in [-0.2, 0) is 15.8 Å². The Morgan fingerprint density at radius 2 is 1.74 bits per heavy atom. The lowest BCUT2D eigenvalue weighted by Gasteiger charge is -2.22. The van der Waals surface area contributed by atoms with Crippen LogP contribution in [0.5, 0.6) is 0 Å². The van der Waals surface area contributed by atoms with Crippen LogP contribution < -0.4 is 10.6 Å². The zero-order valence-corrected chi connectivity index (χ0v) is 16.8. The Bertz CT molecular complexity index is 987. The zero-order chi connectivity index (χ0) is 22.6. The molecule has 0 unspecified atom stereocenters. The van der Waals surface area contributed by atoms with Gasteiger partial charge in [0, 0.05) is 17.3 Å². The molecule has 9 heteroatoms. The van der Waals surface area contributed by atoms with Crippen LogP contribution in [0.25, 0.3) is 0 Å². The number of rotatable bonds is 7. The molecule has 0 aliphatic heterocycles. The molecule has 6 nitrogen and oxygen atoms in total. The Kier molecular flexibility index (Phi) is 6.62. The second-order valence-corrected chi connectivity index (χ2v) is 7.44. The van der Waals surface area contributed by atoms with E-state index in [1.165, 1.54) is 11.0 Å². The van der Waals surface area contributed by atoms with Crippen molar-refractivity contribution in [1.29, 1.82) is 0 Å². The lowest BCUT2D eigenvalue weighted by atomic mass is 10.1. The van der Waals surface area contributed by atoms with Gasteiger partial charge in [-0.25, -0.2) is 0 Å². The van der Waals surface area contributed by atoms with Crippen LogP contribution in [0.3, 0.4) is 0 Å². The maximum Gasteiger partial charge on any atom is 0.416 e. The number of anilines is 1. The first-order valence-corrected chi connectivity index (χ1v) is 9.75. The molecular formula is C22H22F3N3O3. The molecule has 1 fully saturated rings. The molecule has 0 bridgehead atoms. The van der Waals surface area contributed by atoms with Gasteiger partial charge in [0.25, 0.3) is 5.91 Å². The number of carbonyl (C=O) groups excluding carboxylic acids is 3. The number of amides is 3. The van der Waals surface area contributed by atoms with E-state index in [9.17, 15) is 27.6 Å². The summed E-state index contributed by atoms with van der Waals surface area (Å²) in [6.45, 7) is 1.26. The Balaban J connectivity index is 1.58. The average molecular weight is 433 g/mol. The van der Waals surface area contributed by atoms with Crippen LogP contribution in [0, 0.1) is 6.92 Å². The van der Waals surface area contributed by atoms with Gasteiger partial charge in [0.15, 0.2) is 0 Å². The summed E-state index contributed by atoms with van der Waals surface area (Å²) in [7, 11) is 0. The molecule has 0 spiro atoms. The summed E-state index contributed by atoms with van der Waals surface area (Å²) in [6, 6.07) is 11.1. The number of hydrogen-bond donors (Lipinski definition) is 2. The van der Waals surface area contributed by atoms with Gasteiger partial charge in [-0.3, -0.25) is 14.4 Å². The summed E-state index contributed by atoms with van der Waals surface area (Å²) in [5.74, 6) is -1.64. The standard InChI is InChI=1S/C22H22F3N3O3/c1-14-4-2-7-17(10-14)27-19(29)12-26-20(30)13-28(18-8-9-18)21(31)15-5-3-6-16(11-15)22(23,24)25/h2-7,10-11,18H,8-9,12-13H2,1H3,(H,26,30)(H,27,29). The molecule has 0 atom stereocenters. The van der Waals surface area contributed by atoms with E-state index in [-0.39, 0.29) is 24.7 Å². The van der Waals surface area contributed by atoms with Gasteiger partial charge in [-0.15, -0.1) is 0 Å². The van der Waals surface area contributed by atoms with E-state index in [4.69, 9.17) is 0 Å². The predicted octanol–water partition coefficient (Wildman–Crippen LogP) is 3.37. The molecule has 2 aromatic carbocycles. The molecule has 2 N–H and O–H groups in total. The van der Waals surface area contributed by atoms with Crippen molar-refractivity contribution >= 4 is 23.4 Å². The molecule has 0 aromatic heterocycles. The topological polar surface area (TPSA) is 78.5 Å². The molecule has 164 valence electrons. The second kappa shape index (κ2) is 9.20. The molecule has 31 heavy (non-hydrogen) atoms. The largest absolute Gasteiger partial charge is 0.416 e. The smallest absolute Gasteiger partial charge is 0.345 e. The maximum absolute atomic E-state index is 12.9. The van der Waals surface area contributed by atoms with Crippen molar-refractivity contribution in [2.24, 2.45) is 0 Å². The Morgan fingerprint density at radius 1 is 1.03 bits per heavy atom. The number of nitrogens with zero attached hydrogens (tertiary/aromatic N) is 1. The zero-order valence-electron chi connectivity index (χ0n) is 16.8. The molecule has 1 aliphatic carbocycles. The van der Waals surface area contributed by atoms with E-state index in [1.807, 2.05) is 13.0 Å². The highest BCUT2D eigenvalue weighted by Crippen LogP contribution is 2.31. The molecule has 3 amide bonds. The lowest BCUT2D eigenvalue weighted by molar-refractivity contribution is -0.137. The van der Waals surface area contributed by atoms with Gasteiger partial charge in [0.05, 0.1) is 12.1 Å². The van der Waals surface area contributed by atoms with Crippen molar-refractivity contribution in [1.82, 2.24) is 10.2 Å². The van der Waals surface area contributed by atoms with E-state index in [1.54, 1.807) is 18.2 Å². The summed E-state index contributed by atoms with van der Waals surface area (Å²) in [6.07, 6.45) is -3.22. The number of hydrogen-bond acceptors (Lipinski definition) is 3. The number of nitrogens with one attached hydrogen (secondary N) is 2. The van der Waals surface area contributed by atoms with E-state index in [0.29, 0.717) is 18.5 Å². The van der Waals surface area contributed by atoms with Gasteiger partial charge >= 0.3 is 6.18 Å². The number of carbonyl (C=O) groups is 3. The first-order chi connectivity index (χ1) is 14.6. The van der Waals surface area contributed by atoms with E-state index in [2.05, 4.69) is 10.6 Å². The average Bonchev–Trinajstić information content (AvgIpc) is 3.55. The number of benzene rings is 2. The molecule has 1 saturated carbocycles. The van der Waals surface area contributed by atoms with Gasteiger partial charge < -0.3 is 15.5 Å². The third-order valence-corrected chi connectivity index (χ3v) is 4.75. The van der Waals surface area contributed by atoms with E-state index < -0.39 is 29.5 Å². The summed E-state index contributed by atoms with van der Waals surface area (Å²) >= 11 is 0. The summed E-state index contributed by atoms with van der Waals surface area (Å²) < 4.78 is 38.8. The minimum absolute atomic E-state index is 0.133. The molecule has 2 aromatic rings. The lowest BCUT2D eigenvalue weighted by Crippen LogP contribution is -2.44. The van der Waals surface area contributed by atoms with Crippen LogP contribution in [0.4, 0.5) is 18.9 Å². The second-order valence-electron chi connectivity index (χ2n) is 7.44. The van der Waals surface area contributed by atoms with Crippen molar-refractivity contribution in [3.05, 3.63) is 65.2 Å². The minimum Gasteiger partial charge on any atom is -0.345 e. The molecule has 3 rings (SSSR count). The van der Waals surface area contributed by atoms with E-state index in [0.717, 1.165) is 23.8 Å². The number of aryl methyl sites for hydroxylation is 1. The van der Waals surface area contributed by atoms with Crippen molar-refractivity contribution in [2.75, 3.05) is 18.4 Å². The third-order valence-electron chi connectivity index (χ3n) is 4.75. The van der Waals surface area contributed by atoms with Gasteiger partial charge in [-0.2, -0.15) is 13.2 Å². The fraction of sp³-hybridized carbons (Fsp3) is 0.318. The third kappa shape index (κ3) is 6.31. The normalized spacial score (nSPS) is 13.4. The SMILES string of the molecule is Cc1cccc(NC(=O)CNC(=O)CN(C(=O)c2cccc(C(F)(F)F)c2)C2CC2)c1. The van der Waals surface area contributed by atoms with Crippen molar-refractivity contribution < 1.29 is 27.6 Å². The van der Waals surface area contributed by atoms with Gasteiger partial charge in [0.2, 0.25) is 11.8 Å². The van der Waals surface area contributed by atoms with E-state index >= 15 is 0 Å². The first-order valence-electron chi connectivity index (χ1n) is 9.75. The number of halogens is 3. The summed E-state index contributed by atoms with van der Waals surface area (Å²) in [5.41, 5.74) is 0.506.